The van der Waals surface area contributed by atoms with Crippen LogP contribution in [0.25, 0.3) is 0 Å². The Hall–Kier alpha value is -3.22. The van der Waals surface area contributed by atoms with Gasteiger partial charge in [-0.25, -0.2) is 0 Å². The van der Waals surface area contributed by atoms with E-state index in [4.69, 9.17) is 9.47 Å². The van der Waals surface area contributed by atoms with Crippen molar-refractivity contribution in [1.29, 1.82) is 0 Å². The first-order valence-electron chi connectivity index (χ1n) is 9.26. The molecule has 2 aromatic rings. The first-order valence-corrected chi connectivity index (χ1v) is 9.26. The number of hydrogen-bond donors (Lipinski definition) is 2. The molecule has 0 aliphatic carbocycles. The Kier molecular flexibility index (Phi) is 4.58. The van der Waals surface area contributed by atoms with E-state index >= 15 is 0 Å². The third-order valence-corrected chi connectivity index (χ3v) is 5.49. The fraction of sp³-hybridized carbons (Fsp3) is 0.333. The van der Waals surface area contributed by atoms with Crippen molar-refractivity contribution in [2.24, 2.45) is 0 Å². The summed E-state index contributed by atoms with van der Waals surface area (Å²) in [6.07, 6.45) is 1.08. The molecule has 4 rings (SSSR count). The molecule has 2 amide bonds. The fourth-order valence-corrected chi connectivity index (χ4v) is 3.81. The van der Waals surface area contributed by atoms with Crippen LogP contribution < -0.4 is 20.1 Å². The maximum atomic E-state index is 13.0. The third kappa shape index (κ3) is 3.13. The summed E-state index contributed by atoms with van der Waals surface area (Å²) in [6.45, 7) is 0.974. The molecule has 0 radical (unpaired) electrons. The highest BCUT2D eigenvalue weighted by Gasteiger charge is 2.45. The normalized spacial score (nSPS) is 17.4. The lowest BCUT2D eigenvalue weighted by Gasteiger charge is -2.44. The van der Waals surface area contributed by atoms with Crippen LogP contribution in [-0.4, -0.2) is 49.6 Å². The van der Waals surface area contributed by atoms with Gasteiger partial charge in [-0.2, -0.15) is 0 Å². The Bertz CT molecular complexity index is 897. The zero-order valence-electron chi connectivity index (χ0n) is 16.0. The van der Waals surface area contributed by atoms with Gasteiger partial charge in [0.15, 0.2) is 0 Å². The lowest BCUT2D eigenvalue weighted by molar-refractivity contribution is -0.122. The Morgan fingerprint density at radius 3 is 2.21 bits per heavy atom. The second-order valence-corrected chi connectivity index (χ2v) is 7.10. The molecule has 7 heteroatoms. The standard InChI is InChI=1S/C21H23N3O4/c1-27-15-11-14(12-16(13-15)28-2)19(25)24-9-7-21(8-10-24)20(26)22-17-5-3-4-6-18(17)23-21/h3-6,11-13,23H,7-10H2,1-2H3,(H,22,26). The number of para-hydroxylation sites is 2. The van der Waals surface area contributed by atoms with Crippen molar-refractivity contribution in [2.75, 3.05) is 37.9 Å². The summed E-state index contributed by atoms with van der Waals surface area (Å²) >= 11 is 0. The minimum Gasteiger partial charge on any atom is -0.497 e. The smallest absolute Gasteiger partial charge is 0.254 e. The summed E-state index contributed by atoms with van der Waals surface area (Å²) in [5.41, 5.74) is 1.54. The number of piperidine rings is 1. The van der Waals surface area contributed by atoms with Crippen molar-refractivity contribution in [3.8, 4) is 11.5 Å². The number of nitrogens with zero attached hydrogens (tertiary/aromatic N) is 1. The summed E-state index contributed by atoms with van der Waals surface area (Å²) < 4.78 is 10.5. The van der Waals surface area contributed by atoms with Gasteiger partial charge < -0.3 is 25.0 Å². The van der Waals surface area contributed by atoms with Gasteiger partial charge in [0, 0.05) is 24.7 Å². The van der Waals surface area contributed by atoms with E-state index in [0.717, 1.165) is 11.4 Å². The van der Waals surface area contributed by atoms with Crippen LogP contribution >= 0.6 is 0 Å². The van der Waals surface area contributed by atoms with E-state index in [2.05, 4.69) is 10.6 Å². The molecule has 1 fully saturated rings. The number of hydrogen-bond acceptors (Lipinski definition) is 5. The molecule has 0 bridgehead atoms. The zero-order valence-corrected chi connectivity index (χ0v) is 16.0. The number of methoxy groups -OCH3 is 2. The highest BCUT2D eigenvalue weighted by Crippen LogP contribution is 2.36. The molecule has 2 N–H and O–H groups in total. The average molecular weight is 381 g/mol. The van der Waals surface area contributed by atoms with Crippen molar-refractivity contribution >= 4 is 23.2 Å². The van der Waals surface area contributed by atoms with Crippen molar-refractivity contribution in [3.05, 3.63) is 48.0 Å². The summed E-state index contributed by atoms with van der Waals surface area (Å²) in [5.74, 6) is 1.01. The molecule has 0 saturated carbocycles. The first-order chi connectivity index (χ1) is 13.5. The number of rotatable bonds is 3. The van der Waals surface area contributed by atoms with Crippen molar-refractivity contribution in [2.45, 2.75) is 18.4 Å². The molecule has 0 atom stereocenters. The quantitative estimate of drug-likeness (QED) is 0.855. The Labute approximate surface area is 163 Å². The van der Waals surface area contributed by atoms with Gasteiger partial charge in [-0.3, -0.25) is 9.59 Å². The number of anilines is 2. The van der Waals surface area contributed by atoms with Crippen LogP contribution in [-0.2, 0) is 4.79 Å². The Balaban J connectivity index is 1.50. The second kappa shape index (κ2) is 7.07. The summed E-state index contributed by atoms with van der Waals surface area (Å²) in [5, 5.41) is 6.40. The van der Waals surface area contributed by atoms with Crippen LogP contribution in [0.1, 0.15) is 23.2 Å². The molecule has 7 nitrogen and oxygen atoms in total. The van der Waals surface area contributed by atoms with Gasteiger partial charge in [0.25, 0.3) is 5.91 Å². The maximum absolute atomic E-state index is 13.0. The first kappa shape index (κ1) is 18.2. The lowest BCUT2D eigenvalue weighted by Crippen LogP contribution is -2.59. The number of carbonyl (C=O) groups is 2. The highest BCUT2D eigenvalue weighted by atomic mass is 16.5. The maximum Gasteiger partial charge on any atom is 0.254 e. The van der Waals surface area contributed by atoms with Gasteiger partial charge in [0.1, 0.15) is 17.0 Å². The summed E-state index contributed by atoms with van der Waals surface area (Å²) in [7, 11) is 3.11. The van der Waals surface area contributed by atoms with Crippen molar-refractivity contribution < 1.29 is 19.1 Å². The number of ether oxygens (including phenoxy) is 2. The molecule has 1 spiro atoms. The second-order valence-electron chi connectivity index (χ2n) is 7.10. The van der Waals surface area contributed by atoms with E-state index in [1.54, 1.807) is 37.3 Å². The minimum atomic E-state index is -0.683. The molecule has 2 aromatic carbocycles. The van der Waals surface area contributed by atoms with E-state index in [-0.39, 0.29) is 11.8 Å². The SMILES string of the molecule is COc1cc(OC)cc(C(=O)N2CCC3(CC2)Nc2ccccc2NC3=O)c1. The monoisotopic (exact) mass is 381 g/mol. The van der Waals surface area contributed by atoms with Crippen LogP contribution in [0, 0.1) is 0 Å². The molecule has 2 aliphatic rings. The topological polar surface area (TPSA) is 79.9 Å². The highest BCUT2D eigenvalue weighted by molar-refractivity contribution is 6.06. The predicted molar refractivity (Wildman–Crippen MR) is 106 cm³/mol. The van der Waals surface area contributed by atoms with E-state index in [1.165, 1.54) is 0 Å². The predicted octanol–water partition coefficient (Wildman–Crippen LogP) is 2.74. The number of carbonyl (C=O) groups excluding carboxylic acids is 2. The van der Waals surface area contributed by atoms with Gasteiger partial charge >= 0.3 is 0 Å². The van der Waals surface area contributed by atoms with E-state index in [9.17, 15) is 9.59 Å². The van der Waals surface area contributed by atoms with Crippen molar-refractivity contribution in [3.63, 3.8) is 0 Å². The Morgan fingerprint density at radius 1 is 1.00 bits per heavy atom. The lowest BCUT2D eigenvalue weighted by atomic mass is 9.84. The summed E-state index contributed by atoms with van der Waals surface area (Å²) in [4.78, 5) is 27.5. The number of fused-ring (bicyclic) bond motifs is 1. The van der Waals surface area contributed by atoms with Crippen LogP contribution in [0.3, 0.4) is 0 Å². The number of likely N-dealkylation sites (tertiary alicyclic amines) is 1. The van der Waals surface area contributed by atoms with Gasteiger partial charge in [-0.1, -0.05) is 12.1 Å². The molecule has 1 saturated heterocycles. The molecule has 28 heavy (non-hydrogen) atoms. The van der Waals surface area contributed by atoms with Gasteiger partial charge in [-0.05, 0) is 37.1 Å². The number of nitrogens with one attached hydrogen (secondary N) is 2. The molecule has 0 aromatic heterocycles. The molecule has 0 unspecified atom stereocenters. The number of benzene rings is 2. The third-order valence-electron chi connectivity index (χ3n) is 5.49. The fourth-order valence-electron chi connectivity index (χ4n) is 3.81. The zero-order chi connectivity index (χ0) is 19.7. The van der Waals surface area contributed by atoms with E-state index < -0.39 is 5.54 Å². The number of amides is 2. The molecule has 2 aliphatic heterocycles. The molecular formula is C21H23N3O4. The van der Waals surface area contributed by atoms with Crippen LogP contribution in [0.15, 0.2) is 42.5 Å². The van der Waals surface area contributed by atoms with Gasteiger partial charge in [0.2, 0.25) is 5.91 Å². The van der Waals surface area contributed by atoms with Crippen LogP contribution in [0.2, 0.25) is 0 Å². The average Bonchev–Trinajstić information content (AvgIpc) is 2.74. The van der Waals surface area contributed by atoms with Gasteiger partial charge in [0.05, 0.1) is 25.6 Å². The Morgan fingerprint density at radius 2 is 1.61 bits per heavy atom. The van der Waals surface area contributed by atoms with Crippen LogP contribution in [0.4, 0.5) is 11.4 Å². The minimum absolute atomic E-state index is 0.0404. The van der Waals surface area contributed by atoms with E-state index in [1.807, 2.05) is 24.3 Å². The molecular weight excluding hydrogens is 358 g/mol. The van der Waals surface area contributed by atoms with E-state index in [0.29, 0.717) is 43.0 Å². The molecule has 2 heterocycles. The largest absolute Gasteiger partial charge is 0.497 e. The summed E-state index contributed by atoms with van der Waals surface area (Å²) in [6, 6.07) is 12.8. The van der Waals surface area contributed by atoms with Crippen LogP contribution in [0.5, 0.6) is 11.5 Å². The molecule has 146 valence electrons. The van der Waals surface area contributed by atoms with Crippen molar-refractivity contribution in [1.82, 2.24) is 4.90 Å². The van der Waals surface area contributed by atoms with Gasteiger partial charge in [-0.15, -0.1) is 0 Å².